The molecule has 25 heavy (non-hydrogen) atoms. The van der Waals surface area contributed by atoms with Gasteiger partial charge in [0.2, 0.25) is 5.88 Å². The molecule has 1 aliphatic rings. The van der Waals surface area contributed by atoms with Crippen LogP contribution < -0.4 is 4.74 Å². The Hall–Kier alpha value is -3.09. The van der Waals surface area contributed by atoms with E-state index < -0.39 is 0 Å². The van der Waals surface area contributed by atoms with Gasteiger partial charge in [0.25, 0.3) is 5.91 Å². The third-order valence-corrected chi connectivity index (χ3v) is 4.14. The van der Waals surface area contributed by atoms with Gasteiger partial charge >= 0.3 is 0 Å². The van der Waals surface area contributed by atoms with Crippen LogP contribution in [-0.4, -0.2) is 49.9 Å². The van der Waals surface area contributed by atoms with Gasteiger partial charge in [-0.25, -0.2) is 9.97 Å². The third kappa shape index (κ3) is 3.26. The zero-order valence-corrected chi connectivity index (χ0v) is 13.8. The standard InChI is InChI=1S/C18H17N5O2/c1-12-19-8-6-17(21-12)25-13-7-9-23(11-13)18(24)16-10-20-14-4-2-3-5-15(14)22-16/h2-6,8,10,13H,7,9,11H2,1H3. The minimum atomic E-state index is -0.122. The van der Waals surface area contributed by atoms with E-state index in [2.05, 4.69) is 19.9 Å². The first-order valence-electron chi connectivity index (χ1n) is 8.16. The first-order chi connectivity index (χ1) is 12.2. The number of ether oxygens (including phenoxy) is 1. The molecule has 3 heterocycles. The predicted octanol–water partition coefficient (Wildman–Crippen LogP) is 2.02. The molecule has 0 saturated carbocycles. The van der Waals surface area contributed by atoms with Crippen molar-refractivity contribution in [2.75, 3.05) is 13.1 Å². The summed E-state index contributed by atoms with van der Waals surface area (Å²) in [6.07, 6.45) is 3.88. The van der Waals surface area contributed by atoms with Gasteiger partial charge in [0, 0.05) is 25.2 Å². The van der Waals surface area contributed by atoms with Gasteiger partial charge in [0.15, 0.2) is 0 Å². The van der Waals surface area contributed by atoms with Crippen molar-refractivity contribution in [1.29, 1.82) is 0 Å². The third-order valence-electron chi connectivity index (χ3n) is 4.14. The molecule has 126 valence electrons. The number of rotatable bonds is 3. The lowest BCUT2D eigenvalue weighted by atomic mass is 10.3. The Morgan fingerprint density at radius 3 is 2.84 bits per heavy atom. The second-order valence-electron chi connectivity index (χ2n) is 5.97. The number of likely N-dealkylation sites (tertiary alicyclic amines) is 1. The summed E-state index contributed by atoms with van der Waals surface area (Å²) in [5.41, 5.74) is 1.86. The Labute approximate surface area is 144 Å². The summed E-state index contributed by atoms with van der Waals surface area (Å²) in [5, 5.41) is 0. The molecule has 0 aliphatic carbocycles. The van der Waals surface area contributed by atoms with Crippen LogP contribution in [0.5, 0.6) is 5.88 Å². The van der Waals surface area contributed by atoms with Gasteiger partial charge in [-0.15, -0.1) is 0 Å². The number of benzene rings is 1. The number of aromatic nitrogens is 4. The number of hydrogen-bond acceptors (Lipinski definition) is 6. The van der Waals surface area contributed by atoms with Gasteiger partial charge in [-0.2, -0.15) is 4.98 Å². The maximum Gasteiger partial charge on any atom is 0.274 e. The van der Waals surface area contributed by atoms with Crippen molar-refractivity contribution in [3.05, 3.63) is 54.2 Å². The van der Waals surface area contributed by atoms with Crippen LogP contribution in [0.1, 0.15) is 22.7 Å². The highest BCUT2D eigenvalue weighted by atomic mass is 16.5. The molecule has 0 radical (unpaired) electrons. The van der Waals surface area contributed by atoms with E-state index in [1.54, 1.807) is 17.2 Å². The number of carbonyl (C=O) groups excluding carboxylic acids is 1. The van der Waals surface area contributed by atoms with Crippen molar-refractivity contribution in [3.8, 4) is 5.88 Å². The Morgan fingerprint density at radius 1 is 1.16 bits per heavy atom. The molecule has 7 nitrogen and oxygen atoms in total. The molecule has 2 aromatic heterocycles. The molecule has 1 unspecified atom stereocenters. The first kappa shape index (κ1) is 15.4. The van der Waals surface area contributed by atoms with E-state index in [1.165, 1.54) is 6.20 Å². The van der Waals surface area contributed by atoms with Crippen LogP contribution in [0.3, 0.4) is 0 Å². The van der Waals surface area contributed by atoms with E-state index >= 15 is 0 Å². The van der Waals surface area contributed by atoms with Crippen molar-refractivity contribution in [3.63, 3.8) is 0 Å². The van der Waals surface area contributed by atoms with Crippen molar-refractivity contribution in [2.24, 2.45) is 0 Å². The van der Waals surface area contributed by atoms with Gasteiger partial charge in [-0.3, -0.25) is 9.78 Å². The van der Waals surface area contributed by atoms with E-state index in [9.17, 15) is 4.79 Å². The quantitative estimate of drug-likeness (QED) is 0.728. The highest BCUT2D eigenvalue weighted by molar-refractivity contribution is 5.94. The fourth-order valence-electron chi connectivity index (χ4n) is 2.90. The largest absolute Gasteiger partial charge is 0.472 e. The number of carbonyl (C=O) groups is 1. The van der Waals surface area contributed by atoms with Crippen LogP contribution in [0, 0.1) is 6.92 Å². The molecule has 0 N–H and O–H groups in total. The maximum atomic E-state index is 12.7. The van der Waals surface area contributed by atoms with Crippen LogP contribution in [-0.2, 0) is 0 Å². The van der Waals surface area contributed by atoms with Crippen LogP contribution >= 0.6 is 0 Å². The Balaban J connectivity index is 1.46. The summed E-state index contributed by atoms with van der Waals surface area (Å²) >= 11 is 0. The second-order valence-corrected chi connectivity index (χ2v) is 5.97. The van der Waals surface area contributed by atoms with Gasteiger partial charge in [-0.1, -0.05) is 12.1 Å². The molecule has 4 rings (SSSR count). The fraction of sp³-hybridized carbons (Fsp3) is 0.278. The number of nitrogens with zero attached hydrogens (tertiary/aromatic N) is 5. The molecule has 7 heteroatoms. The van der Waals surface area contributed by atoms with Crippen LogP contribution in [0.25, 0.3) is 11.0 Å². The van der Waals surface area contributed by atoms with Gasteiger partial charge in [-0.05, 0) is 19.1 Å². The van der Waals surface area contributed by atoms with E-state index in [1.807, 2.05) is 31.2 Å². The highest BCUT2D eigenvalue weighted by Gasteiger charge is 2.29. The monoisotopic (exact) mass is 335 g/mol. The maximum absolute atomic E-state index is 12.7. The lowest BCUT2D eigenvalue weighted by Crippen LogP contribution is -2.31. The number of aryl methyl sites for hydroxylation is 1. The summed E-state index contributed by atoms with van der Waals surface area (Å²) in [4.78, 5) is 31.5. The smallest absolute Gasteiger partial charge is 0.274 e. The average Bonchev–Trinajstić information content (AvgIpc) is 3.09. The number of para-hydroxylation sites is 2. The number of hydrogen-bond donors (Lipinski definition) is 0. The summed E-state index contributed by atoms with van der Waals surface area (Å²) < 4.78 is 5.86. The summed E-state index contributed by atoms with van der Waals surface area (Å²) in [5.74, 6) is 1.08. The van der Waals surface area contributed by atoms with Gasteiger partial charge in [0.1, 0.15) is 17.6 Å². The van der Waals surface area contributed by atoms with E-state index in [0.717, 1.165) is 17.5 Å². The Bertz CT molecular complexity index is 930. The van der Waals surface area contributed by atoms with E-state index in [0.29, 0.717) is 30.5 Å². The molecule has 1 aromatic carbocycles. The number of amides is 1. The molecule has 3 aromatic rings. The molecule has 1 amide bonds. The summed E-state index contributed by atoms with van der Waals surface area (Å²) in [7, 11) is 0. The normalized spacial score (nSPS) is 17.0. The summed E-state index contributed by atoms with van der Waals surface area (Å²) in [6.45, 7) is 2.95. The van der Waals surface area contributed by atoms with Crippen molar-refractivity contribution in [2.45, 2.75) is 19.4 Å². The predicted molar refractivity (Wildman–Crippen MR) is 91.2 cm³/mol. The minimum Gasteiger partial charge on any atom is -0.472 e. The molecule has 1 atom stereocenters. The molecule has 1 aliphatic heterocycles. The lowest BCUT2D eigenvalue weighted by molar-refractivity contribution is 0.0765. The molecule has 0 bridgehead atoms. The molecule has 1 saturated heterocycles. The molecule has 0 spiro atoms. The molecule has 1 fully saturated rings. The first-order valence-corrected chi connectivity index (χ1v) is 8.16. The van der Waals surface area contributed by atoms with Crippen LogP contribution in [0.4, 0.5) is 0 Å². The minimum absolute atomic E-state index is 0.0772. The molecular weight excluding hydrogens is 318 g/mol. The zero-order chi connectivity index (χ0) is 17.2. The fourth-order valence-corrected chi connectivity index (χ4v) is 2.90. The second kappa shape index (κ2) is 6.43. The van der Waals surface area contributed by atoms with Crippen LogP contribution in [0.2, 0.25) is 0 Å². The molecular formula is C18H17N5O2. The number of fused-ring (bicyclic) bond motifs is 1. The van der Waals surface area contributed by atoms with E-state index in [-0.39, 0.29) is 12.0 Å². The highest BCUT2D eigenvalue weighted by Crippen LogP contribution is 2.18. The SMILES string of the molecule is Cc1nccc(OC2CCN(C(=O)c3cnc4ccccc4n3)C2)n1. The average molecular weight is 335 g/mol. The lowest BCUT2D eigenvalue weighted by Gasteiger charge is -2.16. The topological polar surface area (TPSA) is 81.1 Å². The van der Waals surface area contributed by atoms with Crippen molar-refractivity contribution in [1.82, 2.24) is 24.8 Å². The van der Waals surface area contributed by atoms with Crippen molar-refractivity contribution < 1.29 is 9.53 Å². The van der Waals surface area contributed by atoms with Crippen molar-refractivity contribution >= 4 is 16.9 Å². The van der Waals surface area contributed by atoms with Gasteiger partial charge < -0.3 is 9.64 Å². The zero-order valence-electron chi connectivity index (χ0n) is 13.8. The Kier molecular flexibility index (Phi) is 3.97. The Morgan fingerprint density at radius 2 is 2.00 bits per heavy atom. The van der Waals surface area contributed by atoms with E-state index in [4.69, 9.17) is 4.74 Å². The van der Waals surface area contributed by atoms with Crippen LogP contribution in [0.15, 0.2) is 42.7 Å². The summed E-state index contributed by atoms with van der Waals surface area (Å²) in [6, 6.07) is 9.24. The van der Waals surface area contributed by atoms with Gasteiger partial charge in [0.05, 0.1) is 23.8 Å².